The van der Waals surface area contributed by atoms with Crippen LogP contribution in [0.5, 0.6) is 0 Å². The average Bonchev–Trinajstić information content (AvgIpc) is 2.43. The van der Waals surface area contributed by atoms with E-state index < -0.39 is 12.2 Å². The first-order chi connectivity index (χ1) is 10.8. The Balaban J connectivity index is 0.000000954. The van der Waals surface area contributed by atoms with E-state index in [0.717, 1.165) is 0 Å². The van der Waals surface area contributed by atoms with Crippen LogP contribution in [0.3, 0.4) is 0 Å². The fourth-order valence-corrected chi connectivity index (χ4v) is 2.20. The second-order valence-corrected chi connectivity index (χ2v) is 5.50. The lowest BCUT2D eigenvalue weighted by Crippen LogP contribution is -2.11. The third-order valence-electron chi connectivity index (χ3n) is 2.58. The van der Waals surface area contributed by atoms with E-state index in [2.05, 4.69) is 11.1 Å². The van der Waals surface area contributed by atoms with Gasteiger partial charge in [0.15, 0.2) is 0 Å². The zero-order valence-electron chi connectivity index (χ0n) is 12.9. The van der Waals surface area contributed by atoms with Crippen molar-refractivity contribution in [1.82, 2.24) is 0 Å². The smallest absolute Gasteiger partial charge is 0.307 e. The SMILES string of the molecule is CC(N)O.Cl.O=C(O)Cc1ccccc1Nc1c(Cl)cccc1Cl. The molecule has 0 spiro atoms. The first-order valence-electron chi connectivity index (χ1n) is 6.75. The molecule has 0 aromatic heterocycles. The summed E-state index contributed by atoms with van der Waals surface area (Å²) in [5, 5.41) is 20.8. The number of anilines is 2. The van der Waals surface area contributed by atoms with Gasteiger partial charge in [-0.2, -0.15) is 0 Å². The van der Waals surface area contributed by atoms with Crippen LogP contribution in [0.25, 0.3) is 0 Å². The minimum atomic E-state index is -0.889. The molecule has 2 aromatic carbocycles. The zero-order valence-corrected chi connectivity index (χ0v) is 15.2. The maximum absolute atomic E-state index is 10.8. The molecule has 0 aliphatic rings. The number of hydrogen-bond acceptors (Lipinski definition) is 4. The quantitative estimate of drug-likeness (QED) is 0.587. The lowest BCUT2D eigenvalue weighted by atomic mass is 10.1. The number of aliphatic hydroxyl groups is 1. The van der Waals surface area contributed by atoms with E-state index in [-0.39, 0.29) is 18.8 Å². The van der Waals surface area contributed by atoms with Gasteiger partial charge in [-0.25, -0.2) is 0 Å². The fraction of sp³-hybridized carbons (Fsp3) is 0.188. The molecule has 0 amide bonds. The number of halogens is 3. The van der Waals surface area contributed by atoms with E-state index in [1.165, 1.54) is 6.92 Å². The fourth-order valence-electron chi connectivity index (χ4n) is 1.71. The van der Waals surface area contributed by atoms with Crippen molar-refractivity contribution in [2.75, 3.05) is 5.32 Å². The molecule has 0 heterocycles. The number of aliphatic hydroxyl groups excluding tert-OH is 1. The molecule has 1 atom stereocenters. The van der Waals surface area contributed by atoms with Gasteiger partial charge in [-0.05, 0) is 30.7 Å². The van der Waals surface area contributed by atoms with Gasteiger partial charge in [0.1, 0.15) is 0 Å². The Morgan fingerprint density at radius 3 is 2.17 bits per heavy atom. The van der Waals surface area contributed by atoms with E-state index in [1.807, 2.05) is 6.07 Å². The van der Waals surface area contributed by atoms with Gasteiger partial charge in [0.2, 0.25) is 0 Å². The monoisotopic (exact) mass is 392 g/mol. The molecule has 0 aliphatic heterocycles. The van der Waals surface area contributed by atoms with Crippen molar-refractivity contribution < 1.29 is 15.0 Å². The molecule has 2 rings (SSSR count). The van der Waals surface area contributed by atoms with Crippen molar-refractivity contribution in [3.8, 4) is 0 Å². The molecule has 5 nitrogen and oxygen atoms in total. The second-order valence-electron chi connectivity index (χ2n) is 4.69. The molecule has 0 fully saturated rings. The Kier molecular flexibility index (Phi) is 10.4. The van der Waals surface area contributed by atoms with Crippen LogP contribution in [0.15, 0.2) is 42.5 Å². The predicted molar refractivity (Wildman–Crippen MR) is 101 cm³/mol. The van der Waals surface area contributed by atoms with E-state index in [9.17, 15) is 4.79 Å². The predicted octanol–water partition coefficient (Wildman–Crippen LogP) is 4.07. The van der Waals surface area contributed by atoms with Gasteiger partial charge >= 0.3 is 5.97 Å². The highest BCUT2D eigenvalue weighted by Crippen LogP contribution is 2.33. The Hall–Kier alpha value is -1.50. The van der Waals surface area contributed by atoms with Crippen LogP contribution >= 0.6 is 35.6 Å². The highest BCUT2D eigenvalue weighted by atomic mass is 35.5. The number of aliphatic carboxylic acids is 1. The van der Waals surface area contributed by atoms with Gasteiger partial charge in [-0.3, -0.25) is 4.79 Å². The third-order valence-corrected chi connectivity index (χ3v) is 3.21. The lowest BCUT2D eigenvalue weighted by molar-refractivity contribution is -0.136. The number of carboxylic acids is 1. The molecule has 5 N–H and O–H groups in total. The van der Waals surface area contributed by atoms with Gasteiger partial charge in [0.25, 0.3) is 0 Å². The maximum atomic E-state index is 10.8. The topological polar surface area (TPSA) is 95.6 Å². The van der Waals surface area contributed by atoms with Crippen LogP contribution in [-0.4, -0.2) is 22.4 Å². The largest absolute Gasteiger partial charge is 0.481 e. The number of rotatable bonds is 4. The summed E-state index contributed by atoms with van der Waals surface area (Å²) in [6.07, 6.45) is -0.731. The van der Waals surface area contributed by atoms with Gasteiger partial charge in [-0.1, -0.05) is 47.5 Å². The van der Waals surface area contributed by atoms with Crippen molar-refractivity contribution in [3.63, 3.8) is 0 Å². The van der Waals surface area contributed by atoms with Crippen molar-refractivity contribution in [1.29, 1.82) is 0 Å². The summed E-state index contributed by atoms with van der Waals surface area (Å²) < 4.78 is 0. The van der Waals surface area contributed by atoms with Crippen LogP contribution in [0.1, 0.15) is 12.5 Å². The lowest BCUT2D eigenvalue weighted by Gasteiger charge is -2.13. The van der Waals surface area contributed by atoms with Crippen molar-refractivity contribution in [2.45, 2.75) is 19.6 Å². The number of carboxylic acid groups (broad SMARTS) is 1. The molecule has 0 saturated carbocycles. The van der Waals surface area contributed by atoms with Crippen LogP contribution < -0.4 is 11.1 Å². The van der Waals surface area contributed by atoms with Crippen LogP contribution in [0, 0.1) is 0 Å². The standard InChI is InChI=1S/C14H11Cl2NO2.C2H7NO.ClH/c15-10-5-3-6-11(16)14(10)17-12-7-2-1-4-9(12)8-13(18)19;1-2(3)4;/h1-7,17H,8H2,(H,18,19);2,4H,3H2,1H3;1H. The van der Waals surface area contributed by atoms with Crippen molar-refractivity contribution in [3.05, 3.63) is 58.1 Å². The Morgan fingerprint density at radius 2 is 1.67 bits per heavy atom. The average molecular weight is 394 g/mol. The molecule has 24 heavy (non-hydrogen) atoms. The molecule has 0 bridgehead atoms. The van der Waals surface area contributed by atoms with Gasteiger partial charge < -0.3 is 21.3 Å². The molecule has 0 saturated heterocycles. The van der Waals surface area contributed by atoms with Crippen molar-refractivity contribution >= 4 is 53.0 Å². The number of para-hydroxylation sites is 2. The van der Waals surface area contributed by atoms with Crippen LogP contribution in [-0.2, 0) is 11.2 Å². The summed E-state index contributed by atoms with van der Waals surface area (Å²) in [5.41, 5.74) is 6.59. The molecular formula is C16H19Cl3N2O3. The third kappa shape index (κ3) is 7.86. The van der Waals surface area contributed by atoms with E-state index in [1.54, 1.807) is 36.4 Å². The number of hydrogen-bond donors (Lipinski definition) is 4. The highest BCUT2D eigenvalue weighted by Gasteiger charge is 2.10. The minimum Gasteiger partial charge on any atom is -0.481 e. The Morgan fingerprint density at radius 1 is 1.17 bits per heavy atom. The molecular weight excluding hydrogens is 375 g/mol. The Labute approximate surface area is 156 Å². The zero-order chi connectivity index (χ0) is 17.4. The summed E-state index contributed by atoms with van der Waals surface area (Å²) in [6, 6.07) is 12.3. The Bertz CT molecular complexity index is 644. The number of carbonyl (C=O) groups is 1. The number of benzene rings is 2. The normalized spacial score (nSPS) is 10.7. The summed E-state index contributed by atoms with van der Waals surface area (Å²) in [7, 11) is 0. The van der Waals surface area contributed by atoms with Crippen molar-refractivity contribution in [2.24, 2.45) is 5.73 Å². The summed E-state index contributed by atoms with van der Waals surface area (Å²) in [4.78, 5) is 10.8. The van der Waals surface area contributed by atoms with Crippen LogP contribution in [0.2, 0.25) is 10.0 Å². The summed E-state index contributed by atoms with van der Waals surface area (Å²) >= 11 is 12.1. The number of nitrogens with one attached hydrogen (secondary N) is 1. The maximum Gasteiger partial charge on any atom is 0.307 e. The molecule has 2 aromatic rings. The van der Waals surface area contributed by atoms with E-state index in [0.29, 0.717) is 27.0 Å². The first-order valence-corrected chi connectivity index (χ1v) is 7.51. The number of nitrogens with two attached hydrogens (primary N) is 1. The second kappa shape index (κ2) is 11.1. The van der Waals surface area contributed by atoms with E-state index >= 15 is 0 Å². The van der Waals surface area contributed by atoms with Gasteiger partial charge in [0, 0.05) is 5.69 Å². The van der Waals surface area contributed by atoms with Gasteiger partial charge in [-0.15, -0.1) is 12.4 Å². The molecule has 8 heteroatoms. The molecule has 0 radical (unpaired) electrons. The van der Waals surface area contributed by atoms with Gasteiger partial charge in [0.05, 0.1) is 28.4 Å². The summed E-state index contributed by atoms with van der Waals surface area (Å²) in [6.45, 7) is 1.50. The summed E-state index contributed by atoms with van der Waals surface area (Å²) in [5.74, 6) is -0.889. The highest BCUT2D eigenvalue weighted by molar-refractivity contribution is 6.39. The molecule has 0 aliphatic carbocycles. The minimum absolute atomic E-state index is 0. The first kappa shape index (κ1) is 22.5. The van der Waals surface area contributed by atoms with Crippen LogP contribution in [0.4, 0.5) is 11.4 Å². The molecule has 132 valence electrons. The van der Waals surface area contributed by atoms with E-state index in [4.69, 9.17) is 33.4 Å². The molecule has 1 unspecified atom stereocenters.